The zero-order valence-electron chi connectivity index (χ0n) is 12.3. The zero-order valence-corrected chi connectivity index (χ0v) is 12.3. The number of carbonyl (C=O) groups is 2. The fourth-order valence-electron chi connectivity index (χ4n) is 3.98. The molecule has 0 radical (unpaired) electrons. The summed E-state index contributed by atoms with van der Waals surface area (Å²) in [5.41, 5.74) is -1.56. The SMILES string of the molecule is O=C(O)OC1(CC2(OC(=O)O)CCCCC2)CCCCC1. The van der Waals surface area contributed by atoms with E-state index in [1.165, 1.54) is 0 Å². The lowest BCUT2D eigenvalue weighted by molar-refractivity contribution is -0.119. The van der Waals surface area contributed by atoms with Crippen LogP contribution in [0.15, 0.2) is 0 Å². The first kappa shape index (κ1) is 15.9. The maximum absolute atomic E-state index is 11.1. The highest BCUT2D eigenvalue weighted by Gasteiger charge is 2.47. The predicted molar refractivity (Wildman–Crippen MR) is 74.5 cm³/mol. The van der Waals surface area contributed by atoms with Crippen molar-refractivity contribution in [2.24, 2.45) is 0 Å². The average Bonchev–Trinajstić information content (AvgIpc) is 2.38. The highest BCUT2D eigenvalue weighted by Crippen LogP contribution is 2.44. The fraction of sp³-hybridized carbons (Fsp3) is 0.867. The molecule has 6 heteroatoms. The molecule has 2 rings (SSSR count). The summed E-state index contributed by atoms with van der Waals surface area (Å²) in [5.74, 6) is 0. The Balaban J connectivity index is 2.17. The van der Waals surface area contributed by atoms with E-state index >= 15 is 0 Å². The van der Waals surface area contributed by atoms with Crippen molar-refractivity contribution in [1.82, 2.24) is 0 Å². The molecule has 120 valence electrons. The number of hydrogen-bond donors (Lipinski definition) is 2. The first-order valence-corrected chi connectivity index (χ1v) is 7.79. The van der Waals surface area contributed by atoms with Gasteiger partial charge in [-0.05, 0) is 51.4 Å². The molecule has 2 N–H and O–H groups in total. The Labute approximate surface area is 124 Å². The van der Waals surface area contributed by atoms with Gasteiger partial charge in [0.05, 0.1) is 0 Å². The third-order valence-corrected chi connectivity index (χ3v) is 4.78. The van der Waals surface area contributed by atoms with Crippen molar-refractivity contribution in [3.63, 3.8) is 0 Å². The van der Waals surface area contributed by atoms with Crippen LogP contribution in [0.1, 0.15) is 70.6 Å². The van der Waals surface area contributed by atoms with Crippen LogP contribution >= 0.6 is 0 Å². The number of hydrogen-bond acceptors (Lipinski definition) is 4. The molecule has 0 unspecified atom stereocenters. The molecule has 2 fully saturated rings. The summed E-state index contributed by atoms with van der Waals surface area (Å²) in [6, 6.07) is 0. The van der Waals surface area contributed by atoms with Gasteiger partial charge in [-0.15, -0.1) is 0 Å². The maximum atomic E-state index is 11.1. The van der Waals surface area contributed by atoms with Crippen LogP contribution in [-0.2, 0) is 9.47 Å². The van der Waals surface area contributed by atoms with Gasteiger partial charge in [0.2, 0.25) is 0 Å². The van der Waals surface area contributed by atoms with Crippen molar-refractivity contribution in [3.05, 3.63) is 0 Å². The molecule has 0 aromatic rings. The molecule has 0 heterocycles. The van der Waals surface area contributed by atoms with Gasteiger partial charge in [-0.25, -0.2) is 9.59 Å². The number of ether oxygens (including phenoxy) is 2. The smallest absolute Gasteiger partial charge is 0.450 e. The molecule has 0 aliphatic heterocycles. The topological polar surface area (TPSA) is 93.1 Å². The first-order chi connectivity index (χ1) is 9.95. The van der Waals surface area contributed by atoms with Crippen molar-refractivity contribution >= 4 is 12.3 Å². The number of rotatable bonds is 4. The summed E-state index contributed by atoms with van der Waals surface area (Å²) in [6.07, 6.45) is 6.21. The van der Waals surface area contributed by atoms with Crippen LogP contribution in [0.5, 0.6) is 0 Å². The van der Waals surface area contributed by atoms with Gasteiger partial charge in [0, 0.05) is 6.42 Å². The van der Waals surface area contributed by atoms with Gasteiger partial charge >= 0.3 is 12.3 Å². The molecule has 0 saturated heterocycles. The van der Waals surface area contributed by atoms with E-state index in [-0.39, 0.29) is 0 Å². The quantitative estimate of drug-likeness (QED) is 0.757. The predicted octanol–water partition coefficient (Wildman–Crippen LogP) is 4.17. The molecule has 0 atom stereocenters. The lowest BCUT2D eigenvalue weighted by Crippen LogP contribution is -2.48. The van der Waals surface area contributed by atoms with Gasteiger partial charge in [-0.3, -0.25) is 0 Å². The lowest BCUT2D eigenvalue weighted by Gasteiger charge is -2.44. The molecule has 0 aromatic heterocycles. The lowest BCUT2D eigenvalue weighted by atomic mass is 9.72. The largest absolute Gasteiger partial charge is 0.506 e. The second-order valence-electron chi connectivity index (χ2n) is 6.40. The van der Waals surface area contributed by atoms with Gasteiger partial charge in [0.25, 0.3) is 0 Å². The van der Waals surface area contributed by atoms with Gasteiger partial charge < -0.3 is 19.7 Å². The van der Waals surface area contributed by atoms with Crippen molar-refractivity contribution < 1.29 is 29.3 Å². The molecule has 2 saturated carbocycles. The second-order valence-corrected chi connectivity index (χ2v) is 6.40. The van der Waals surface area contributed by atoms with Crippen molar-refractivity contribution in [3.8, 4) is 0 Å². The van der Waals surface area contributed by atoms with E-state index in [2.05, 4.69) is 0 Å². The van der Waals surface area contributed by atoms with Crippen LogP contribution in [0.25, 0.3) is 0 Å². The van der Waals surface area contributed by atoms with E-state index in [0.717, 1.165) is 38.5 Å². The Hall–Kier alpha value is -1.46. The van der Waals surface area contributed by atoms with E-state index in [0.29, 0.717) is 32.1 Å². The van der Waals surface area contributed by atoms with E-state index in [1.807, 2.05) is 0 Å². The van der Waals surface area contributed by atoms with Crippen molar-refractivity contribution in [2.45, 2.75) is 81.8 Å². The molecular formula is C15H24O6. The van der Waals surface area contributed by atoms with Crippen LogP contribution < -0.4 is 0 Å². The minimum absolute atomic E-state index is 0.360. The highest BCUT2D eigenvalue weighted by atomic mass is 16.7. The minimum atomic E-state index is -1.28. The summed E-state index contributed by atoms with van der Waals surface area (Å²) >= 11 is 0. The third-order valence-electron chi connectivity index (χ3n) is 4.78. The summed E-state index contributed by atoms with van der Waals surface area (Å²) in [4.78, 5) is 22.1. The normalized spacial score (nSPS) is 24.0. The Kier molecular flexibility index (Phi) is 4.96. The van der Waals surface area contributed by atoms with E-state index in [4.69, 9.17) is 19.7 Å². The summed E-state index contributed by atoms with van der Waals surface area (Å²) in [5, 5.41) is 18.1. The summed E-state index contributed by atoms with van der Waals surface area (Å²) < 4.78 is 10.5. The third kappa shape index (κ3) is 4.25. The van der Waals surface area contributed by atoms with E-state index < -0.39 is 23.5 Å². The van der Waals surface area contributed by atoms with Gasteiger partial charge in [-0.2, -0.15) is 0 Å². The standard InChI is InChI=1S/C15H24O6/c16-12(17)20-14(7-3-1-4-8-14)11-15(21-13(18)19)9-5-2-6-10-15/h1-11H2,(H,16,17)(H,18,19). The minimum Gasteiger partial charge on any atom is -0.450 e. The van der Waals surface area contributed by atoms with Crippen LogP contribution in [0.2, 0.25) is 0 Å². The highest BCUT2D eigenvalue weighted by molar-refractivity contribution is 5.58. The molecule has 0 spiro atoms. The molecule has 2 aliphatic rings. The molecule has 21 heavy (non-hydrogen) atoms. The molecule has 2 aliphatic carbocycles. The maximum Gasteiger partial charge on any atom is 0.506 e. The van der Waals surface area contributed by atoms with E-state index in [1.54, 1.807) is 0 Å². The number of carboxylic acid groups (broad SMARTS) is 2. The monoisotopic (exact) mass is 300 g/mol. The Bertz CT molecular complexity index is 344. The second kappa shape index (κ2) is 6.54. The molecule has 0 aromatic carbocycles. The zero-order chi connectivity index (χ0) is 15.3. The van der Waals surface area contributed by atoms with E-state index in [9.17, 15) is 9.59 Å². The molecular weight excluding hydrogens is 276 g/mol. The van der Waals surface area contributed by atoms with Gasteiger partial charge in [0.15, 0.2) is 0 Å². The fourth-order valence-corrected chi connectivity index (χ4v) is 3.98. The van der Waals surface area contributed by atoms with Crippen LogP contribution in [0, 0.1) is 0 Å². The van der Waals surface area contributed by atoms with Crippen LogP contribution in [0.4, 0.5) is 9.59 Å². The van der Waals surface area contributed by atoms with Crippen molar-refractivity contribution in [2.75, 3.05) is 0 Å². The average molecular weight is 300 g/mol. The Morgan fingerprint density at radius 2 is 1.05 bits per heavy atom. The molecule has 0 bridgehead atoms. The van der Waals surface area contributed by atoms with Gasteiger partial charge in [-0.1, -0.05) is 12.8 Å². The summed E-state index contributed by atoms with van der Waals surface area (Å²) in [7, 11) is 0. The van der Waals surface area contributed by atoms with Gasteiger partial charge in [0.1, 0.15) is 11.2 Å². The van der Waals surface area contributed by atoms with Crippen molar-refractivity contribution in [1.29, 1.82) is 0 Å². The molecule has 6 nitrogen and oxygen atoms in total. The summed E-state index contributed by atoms with van der Waals surface area (Å²) in [6.45, 7) is 0. The molecule has 0 amide bonds. The van der Waals surface area contributed by atoms with Crippen LogP contribution in [-0.4, -0.2) is 33.7 Å². The first-order valence-electron chi connectivity index (χ1n) is 7.79. The Morgan fingerprint density at radius 3 is 1.33 bits per heavy atom. The Morgan fingerprint density at radius 1 is 0.714 bits per heavy atom. The van der Waals surface area contributed by atoms with Crippen LogP contribution in [0.3, 0.4) is 0 Å².